The van der Waals surface area contributed by atoms with E-state index in [1.807, 2.05) is 24.3 Å². The molecule has 1 saturated heterocycles. The molecule has 152 valence electrons. The van der Waals surface area contributed by atoms with Crippen molar-refractivity contribution in [3.63, 3.8) is 0 Å². The fraction of sp³-hybridized carbons (Fsp3) is 0.391. The van der Waals surface area contributed by atoms with Crippen LogP contribution in [-0.2, 0) is 0 Å². The molecule has 0 unspecified atom stereocenters. The van der Waals surface area contributed by atoms with Crippen molar-refractivity contribution in [2.24, 2.45) is 5.92 Å². The summed E-state index contributed by atoms with van der Waals surface area (Å²) in [6, 6.07) is 15.0. The van der Waals surface area contributed by atoms with Gasteiger partial charge in [0.15, 0.2) is 5.82 Å². The number of anilines is 2. The second-order valence-corrected chi connectivity index (χ2v) is 8.02. The highest BCUT2D eigenvalue weighted by molar-refractivity contribution is 5.80. The fourth-order valence-electron chi connectivity index (χ4n) is 4.13. The second kappa shape index (κ2) is 8.15. The molecule has 1 aromatic carbocycles. The third-order valence-corrected chi connectivity index (χ3v) is 5.95. The van der Waals surface area contributed by atoms with Crippen molar-refractivity contribution in [3.05, 3.63) is 48.8 Å². The smallest absolute Gasteiger partial charge is 0.257 e. The van der Waals surface area contributed by atoms with Crippen molar-refractivity contribution in [1.82, 2.24) is 15.0 Å². The van der Waals surface area contributed by atoms with Crippen LogP contribution >= 0.6 is 0 Å². The number of piperidine rings is 1. The molecule has 0 bridgehead atoms. The van der Waals surface area contributed by atoms with E-state index in [0.29, 0.717) is 11.9 Å². The zero-order chi connectivity index (χ0) is 20.3. The molecule has 5 rings (SSSR count). The van der Waals surface area contributed by atoms with Crippen LogP contribution in [-0.4, -0.2) is 40.2 Å². The summed E-state index contributed by atoms with van der Waals surface area (Å²) in [7, 11) is 0. The summed E-state index contributed by atoms with van der Waals surface area (Å²) < 4.78 is 6.19. The lowest BCUT2D eigenvalue weighted by Gasteiger charge is -2.37. The number of hydrogen-bond donors (Lipinski definition) is 1. The molecular weight excluding hydrogens is 376 g/mol. The average molecular weight is 400 g/mol. The lowest BCUT2D eigenvalue weighted by atomic mass is 9.89. The van der Waals surface area contributed by atoms with Gasteiger partial charge in [-0.25, -0.2) is 15.0 Å². The molecule has 3 heterocycles. The molecule has 0 spiro atoms. The maximum Gasteiger partial charge on any atom is 0.257 e. The molecule has 30 heavy (non-hydrogen) atoms. The van der Waals surface area contributed by atoms with Gasteiger partial charge in [-0.15, -0.1) is 0 Å². The Kier molecular flexibility index (Phi) is 5.06. The van der Waals surface area contributed by atoms with Gasteiger partial charge in [0, 0.05) is 55.7 Å². The molecule has 2 aromatic heterocycles. The summed E-state index contributed by atoms with van der Waals surface area (Å²) in [4.78, 5) is 15.8. The molecule has 7 nitrogen and oxygen atoms in total. The summed E-state index contributed by atoms with van der Waals surface area (Å²) in [5, 5.41) is 13.8. The van der Waals surface area contributed by atoms with Crippen LogP contribution in [0.1, 0.15) is 25.7 Å². The number of benzene rings is 1. The van der Waals surface area contributed by atoms with Crippen molar-refractivity contribution >= 4 is 22.5 Å². The summed E-state index contributed by atoms with van der Waals surface area (Å²) in [5.74, 6) is 2.43. The van der Waals surface area contributed by atoms with E-state index < -0.39 is 0 Å². The average Bonchev–Trinajstić information content (AvgIpc) is 2.78. The topological polar surface area (TPSA) is 87.0 Å². The number of nitrogens with one attached hydrogen (secondary N) is 1. The molecule has 1 aliphatic carbocycles. The lowest BCUT2D eigenvalue weighted by molar-refractivity contribution is 0.102. The first-order chi connectivity index (χ1) is 14.8. The van der Waals surface area contributed by atoms with E-state index in [-0.39, 0.29) is 12.0 Å². The minimum atomic E-state index is 0.120. The Morgan fingerprint density at radius 2 is 1.83 bits per heavy atom. The number of nitrogens with zero attached hydrogens (tertiary/aromatic N) is 5. The third-order valence-electron chi connectivity index (χ3n) is 5.95. The molecule has 1 aliphatic heterocycles. The molecular formula is C23H24N6O. The van der Waals surface area contributed by atoms with Gasteiger partial charge in [0.25, 0.3) is 5.88 Å². The minimum Gasteiger partial charge on any atom is -0.472 e. The van der Waals surface area contributed by atoms with Crippen LogP contribution in [0.5, 0.6) is 5.88 Å². The Labute approximate surface area is 175 Å². The van der Waals surface area contributed by atoms with E-state index in [1.54, 1.807) is 12.4 Å². The van der Waals surface area contributed by atoms with Gasteiger partial charge in [-0.05, 0) is 31.0 Å². The predicted octanol–water partition coefficient (Wildman–Crippen LogP) is 3.79. The fourth-order valence-corrected chi connectivity index (χ4v) is 4.13. The number of hydrogen-bond acceptors (Lipinski definition) is 7. The standard InChI is InChI=1S/C23H24N6O/c24-15-16-7-11-29(12-8-16)22-23(26-10-9-25-22)30-19-13-18(14-19)27-21-6-5-17-3-1-2-4-20(17)28-21/h1-6,9-10,16,18-19H,7-8,11-14H2,(H,27,28)/t18-,19-. The summed E-state index contributed by atoms with van der Waals surface area (Å²) in [6.07, 6.45) is 7.03. The SMILES string of the molecule is N#CC1CCN(c2nccnc2O[C@H]2C[C@H](Nc3ccc4ccccc4n3)C2)CC1. The monoisotopic (exact) mass is 400 g/mol. The van der Waals surface area contributed by atoms with Gasteiger partial charge in [0.1, 0.15) is 11.9 Å². The first-order valence-electron chi connectivity index (χ1n) is 10.5. The molecule has 0 amide bonds. The molecule has 2 fully saturated rings. The number of pyridine rings is 1. The van der Waals surface area contributed by atoms with Gasteiger partial charge in [0.05, 0.1) is 11.6 Å². The number of fused-ring (bicyclic) bond motifs is 1. The molecule has 1 N–H and O–H groups in total. The molecule has 3 aromatic rings. The van der Waals surface area contributed by atoms with E-state index >= 15 is 0 Å². The minimum absolute atomic E-state index is 0.120. The Balaban J connectivity index is 1.18. The van der Waals surface area contributed by atoms with E-state index in [0.717, 1.165) is 61.3 Å². The van der Waals surface area contributed by atoms with Crippen LogP contribution < -0.4 is 15.0 Å². The largest absolute Gasteiger partial charge is 0.472 e. The normalized spacial score (nSPS) is 21.6. The van der Waals surface area contributed by atoms with Crippen LogP contribution in [0, 0.1) is 17.2 Å². The van der Waals surface area contributed by atoms with Crippen molar-refractivity contribution in [1.29, 1.82) is 5.26 Å². The zero-order valence-electron chi connectivity index (χ0n) is 16.7. The lowest BCUT2D eigenvalue weighted by Crippen LogP contribution is -2.43. The van der Waals surface area contributed by atoms with Crippen LogP contribution in [0.25, 0.3) is 10.9 Å². The highest BCUT2D eigenvalue weighted by Crippen LogP contribution is 2.33. The van der Waals surface area contributed by atoms with E-state index in [9.17, 15) is 0 Å². The highest BCUT2D eigenvalue weighted by atomic mass is 16.5. The Bertz CT molecular complexity index is 1070. The zero-order valence-corrected chi connectivity index (χ0v) is 16.7. The van der Waals surface area contributed by atoms with Crippen LogP contribution in [0.4, 0.5) is 11.6 Å². The van der Waals surface area contributed by atoms with Gasteiger partial charge >= 0.3 is 0 Å². The number of aromatic nitrogens is 3. The molecule has 0 radical (unpaired) electrons. The Morgan fingerprint density at radius 1 is 1.03 bits per heavy atom. The Hall–Kier alpha value is -3.40. The van der Waals surface area contributed by atoms with Gasteiger partial charge in [0.2, 0.25) is 0 Å². The Morgan fingerprint density at radius 3 is 2.67 bits per heavy atom. The maximum atomic E-state index is 9.11. The number of nitriles is 1. The van der Waals surface area contributed by atoms with E-state index in [2.05, 4.69) is 38.4 Å². The number of para-hydroxylation sites is 1. The van der Waals surface area contributed by atoms with Crippen LogP contribution in [0.2, 0.25) is 0 Å². The first-order valence-corrected chi connectivity index (χ1v) is 10.5. The van der Waals surface area contributed by atoms with Crippen molar-refractivity contribution in [2.45, 2.75) is 37.8 Å². The molecule has 0 atom stereocenters. The number of ether oxygens (including phenoxy) is 1. The van der Waals surface area contributed by atoms with E-state index in [4.69, 9.17) is 15.0 Å². The molecule has 2 aliphatic rings. The quantitative estimate of drug-likeness (QED) is 0.697. The maximum absolute atomic E-state index is 9.11. The van der Waals surface area contributed by atoms with Gasteiger partial charge in [-0.2, -0.15) is 5.26 Å². The van der Waals surface area contributed by atoms with Crippen LogP contribution in [0.15, 0.2) is 48.8 Å². The second-order valence-electron chi connectivity index (χ2n) is 8.02. The van der Waals surface area contributed by atoms with E-state index in [1.165, 1.54) is 0 Å². The first kappa shape index (κ1) is 18.6. The van der Waals surface area contributed by atoms with Crippen molar-refractivity contribution in [2.75, 3.05) is 23.3 Å². The molecule has 7 heteroatoms. The van der Waals surface area contributed by atoms with Crippen molar-refractivity contribution < 1.29 is 4.74 Å². The van der Waals surface area contributed by atoms with Crippen molar-refractivity contribution in [3.8, 4) is 11.9 Å². The summed E-state index contributed by atoms with van der Waals surface area (Å²) >= 11 is 0. The van der Waals surface area contributed by atoms with Crippen LogP contribution in [0.3, 0.4) is 0 Å². The predicted molar refractivity (Wildman–Crippen MR) is 115 cm³/mol. The van der Waals surface area contributed by atoms with Gasteiger partial charge in [-0.3, -0.25) is 0 Å². The number of rotatable bonds is 5. The molecule has 1 saturated carbocycles. The highest BCUT2D eigenvalue weighted by Gasteiger charge is 2.33. The summed E-state index contributed by atoms with van der Waals surface area (Å²) in [6.45, 7) is 1.63. The van der Waals surface area contributed by atoms with Gasteiger partial charge in [-0.1, -0.05) is 18.2 Å². The summed E-state index contributed by atoms with van der Waals surface area (Å²) in [5.41, 5.74) is 0.999. The van der Waals surface area contributed by atoms with Gasteiger partial charge < -0.3 is 15.0 Å². The third kappa shape index (κ3) is 3.86.